The van der Waals surface area contributed by atoms with Gasteiger partial charge in [-0.25, -0.2) is 17.2 Å². The average molecular weight is 319 g/mol. The van der Waals surface area contributed by atoms with Crippen molar-refractivity contribution < 1.29 is 27.1 Å². The van der Waals surface area contributed by atoms with Crippen LogP contribution in [0.25, 0.3) is 0 Å². The Bertz CT molecular complexity index is 616. The second-order valence-corrected chi connectivity index (χ2v) is 6.83. The van der Waals surface area contributed by atoms with Crippen LogP contribution in [0.3, 0.4) is 0 Å². The highest BCUT2D eigenvalue weighted by Crippen LogP contribution is 2.25. The van der Waals surface area contributed by atoms with E-state index in [4.69, 9.17) is 5.11 Å². The van der Waals surface area contributed by atoms with Crippen molar-refractivity contribution in [3.8, 4) is 0 Å². The van der Waals surface area contributed by atoms with E-state index in [2.05, 4.69) is 0 Å². The number of alkyl halides is 2. The third-order valence-corrected chi connectivity index (χ3v) is 5.28. The molecule has 0 aliphatic carbocycles. The van der Waals surface area contributed by atoms with E-state index in [-0.39, 0.29) is 17.9 Å². The van der Waals surface area contributed by atoms with Gasteiger partial charge in [-0.1, -0.05) is 24.3 Å². The third-order valence-electron chi connectivity index (χ3n) is 3.43. The van der Waals surface area contributed by atoms with Crippen LogP contribution in [0.15, 0.2) is 24.3 Å². The largest absolute Gasteiger partial charge is 0.480 e. The maximum Gasteiger partial charge on any atom is 0.322 e. The van der Waals surface area contributed by atoms with Crippen LogP contribution in [0, 0.1) is 0 Å². The first kappa shape index (κ1) is 15.8. The molecule has 0 bridgehead atoms. The maximum absolute atomic E-state index is 12.4. The molecule has 1 heterocycles. The highest BCUT2D eigenvalue weighted by molar-refractivity contribution is 7.88. The number of rotatable bonds is 5. The molecule has 1 aliphatic rings. The number of hydrogen-bond acceptors (Lipinski definition) is 3. The second-order valence-electron chi connectivity index (χ2n) is 4.91. The molecule has 2 rings (SSSR count). The van der Waals surface area contributed by atoms with Crippen molar-refractivity contribution in [2.45, 2.75) is 31.1 Å². The molecule has 116 valence electrons. The topological polar surface area (TPSA) is 74.7 Å². The van der Waals surface area contributed by atoms with Crippen molar-refractivity contribution in [3.63, 3.8) is 0 Å². The number of nitrogens with zero attached hydrogens (tertiary/aromatic N) is 1. The first-order valence-electron chi connectivity index (χ1n) is 6.40. The number of carboxylic acids is 1. The molecule has 1 aromatic rings. The fourth-order valence-corrected chi connectivity index (χ4v) is 4.14. The molecule has 0 spiro atoms. The van der Waals surface area contributed by atoms with E-state index in [0.29, 0.717) is 18.4 Å². The maximum atomic E-state index is 12.4. The molecule has 0 aromatic heterocycles. The van der Waals surface area contributed by atoms with Crippen LogP contribution >= 0.6 is 0 Å². The Balaban J connectivity index is 2.15. The molecule has 1 N–H and O–H groups in total. The lowest BCUT2D eigenvalue weighted by Crippen LogP contribution is -2.40. The van der Waals surface area contributed by atoms with Gasteiger partial charge >= 0.3 is 5.97 Å². The van der Waals surface area contributed by atoms with Gasteiger partial charge in [-0.2, -0.15) is 4.31 Å². The van der Waals surface area contributed by atoms with Crippen molar-refractivity contribution in [1.82, 2.24) is 4.31 Å². The minimum atomic E-state index is -3.78. The Labute approximate surface area is 121 Å². The molecule has 21 heavy (non-hydrogen) atoms. The minimum Gasteiger partial charge on any atom is -0.480 e. The van der Waals surface area contributed by atoms with Crippen LogP contribution in [0.2, 0.25) is 0 Å². The number of carbonyl (C=O) groups is 1. The van der Waals surface area contributed by atoms with Gasteiger partial charge in [-0.15, -0.1) is 0 Å². The fraction of sp³-hybridized carbons (Fsp3) is 0.462. The first-order valence-corrected chi connectivity index (χ1v) is 8.01. The summed E-state index contributed by atoms with van der Waals surface area (Å²) in [4.78, 5) is 11.0. The normalized spacial score (nSPS) is 20.0. The Hall–Kier alpha value is -1.54. The quantitative estimate of drug-likeness (QED) is 0.901. The van der Waals surface area contributed by atoms with Crippen LogP contribution in [0.5, 0.6) is 0 Å². The highest BCUT2D eigenvalue weighted by atomic mass is 32.2. The lowest BCUT2D eigenvalue weighted by Gasteiger charge is -2.21. The van der Waals surface area contributed by atoms with Crippen LogP contribution in [-0.4, -0.2) is 36.4 Å². The van der Waals surface area contributed by atoms with Gasteiger partial charge in [0.05, 0.1) is 5.75 Å². The number of sulfonamides is 1. The van der Waals surface area contributed by atoms with Gasteiger partial charge in [0.25, 0.3) is 6.43 Å². The summed E-state index contributed by atoms with van der Waals surface area (Å²) in [5.74, 6) is -1.55. The fourth-order valence-electron chi connectivity index (χ4n) is 2.37. The van der Waals surface area contributed by atoms with Crippen LogP contribution in [0.4, 0.5) is 8.78 Å². The van der Waals surface area contributed by atoms with E-state index < -0.39 is 28.5 Å². The lowest BCUT2D eigenvalue weighted by atomic mass is 10.2. The Kier molecular flexibility index (Phi) is 4.58. The Morgan fingerprint density at radius 2 is 1.95 bits per heavy atom. The van der Waals surface area contributed by atoms with Gasteiger partial charge in [0.2, 0.25) is 10.0 Å². The van der Waals surface area contributed by atoms with Gasteiger partial charge in [0.1, 0.15) is 6.04 Å². The minimum absolute atomic E-state index is 0.175. The van der Waals surface area contributed by atoms with Gasteiger partial charge in [-0.05, 0) is 18.4 Å². The summed E-state index contributed by atoms with van der Waals surface area (Å²) in [7, 11) is -3.78. The smallest absolute Gasteiger partial charge is 0.322 e. The molecule has 1 aliphatic heterocycles. The molecular weight excluding hydrogens is 304 g/mol. The molecule has 1 saturated heterocycles. The summed E-state index contributed by atoms with van der Waals surface area (Å²) in [5, 5.41) is 9.02. The van der Waals surface area contributed by atoms with Gasteiger partial charge in [-0.3, -0.25) is 4.79 Å². The zero-order chi connectivity index (χ0) is 15.6. The van der Waals surface area contributed by atoms with Crippen LogP contribution in [-0.2, 0) is 20.6 Å². The predicted octanol–water partition coefficient (Wildman–Crippen LogP) is 2.00. The van der Waals surface area contributed by atoms with Crippen molar-refractivity contribution >= 4 is 16.0 Å². The van der Waals surface area contributed by atoms with E-state index >= 15 is 0 Å². The number of hydrogen-bond donors (Lipinski definition) is 1. The lowest BCUT2D eigenvalue weighted by molar-refractivity contribution is -0.140. The molecule has 8 heteroatoms. The average Bonchev–Trinajstić information content (AvgIpc) is 2.89. The predicted molar refractivity (Wildman–Crippen MR) is 71.4 cm³/mol. The number of benzene rings is 1. The highest BCUT2D eigenvalue weighted by Gasteiger charge is 2.38. The number of halogens is 2. The summed E-state index contributed by atoms with van der Waals surface area (Å²) >= 11 is 0. The van der Waals surface area contributed by atoms with E-state index in [1.807, 2.05) is 0 Å². The van der Waals surface area contributed by atoms with Crippen molar-refractivity contribution in [2.75, 3.05) is 6.54 Å². The third kappa shape index (κ3) is 3.56. The van der Waals surface area contributed by atoms with Crippen molar-refractivity contribution in [1.29, 1.82) is 0 Å². The van der Waals surface area contributed by atoms with Crippen LogP contribution in [0.1, 0.15) is 30.4 Å². The monoisotopic (exact) mass is 319 g/mol. The number of carboxylic acid groups (broad SMARTS) is 1. The summed E-state index contributed by atoms with van der Waals surface area (Å²) < 4.78 is 50.3. The summed E-state index contributed by atoms with van der Waals surface area (Å²) in [6, 6.07) is 3.97. The molecule has 5 nitrogen and oxygen atoms in total. The van der Waals surface area contributed by atoms with E-state index in [1.54, 1.807) is 0 Å². The SMILES string of the molecule is O=C(O)[C@H]1CCCN1S(=O)(=O)Cc1ccc(C(F)F)cc1. The van der Waals surface area contributed by atoms with Crippen molar-refractivity contribution in [2.24, 2.45) is 0 Å². The Morgan fingerprint density at radius 1 is 1.33 bits per heavy atom. The van der Waals surface area contributed by atoms with E-state index in [0.717, 1.165) is 4.31 Å². The first-order chi connectivity index (χ1) is 9.81. The molecule has 0 saturated carbocycles. The zero-order valence-electron chi connectivity index (χ0n) is 11.1. The van der Waals surface area contributed by atoms with Gasteiger partial charge in [0, 0.05) is 12.1 Å². The molecule has 1 atom stereocenters. The summed E-state index contributed by atoms with van der Waals surface area (Å²) in [6.45, 7) is 0.175. The van der Waals surface area contributed by atoms with E-state index in [1.165, 1.54) is 24.3 Å². The molecular formula is C13H15F2NO4S. The Morgan fingerprint density at radius 3 is 2.48 bits per heavy atom. The van der Waals surface area contributed by atoms with Gasteiger partial charge < -0.3 is 5.11 Å². The molecule has 0 radical (unpaired) electrons. The summed E-state index contributed by atoms with van der Waals surface area (Å²) in [5.41, 5.74) is 0.177. The second kappa shape index (κ2) is 6.07. The molecule has 1 fully saturated rings. The number of aliphatic carboxylic acids is 1. The van der Waals surface area contributed by atoms with Crippen LogP contribution < -0.4 is 0 Å². The standard InChI is InChI=1S/C13H15F2NO4S/c14-12(15)10-5-3-9(4-6-10)8-21(19,20)16-7-1-2-11(16)13(17)18/h3-6,11-12H,1-2,7-8H2,(H,17,18)/t11-/m1/s1. The molecule has 0 unspecified atom stereocenters. The van der Waals surface area contributed by atoms with Gasteiger partial charge in [0.15, 0.2) is 0 Å². The molecule has 0 amide bonds. The zero-order valence-corrected chi connectivity index (χ0v) is 11.9. The van der Waals surface area contributed by atoms with E-state index in [9.17, 15) is 22.0 Å². The molecule has 1 aromatic carbocycles. The summed E-state index contributed by atoms with van der Waals surface area (Å²) in [6.07, 6.45) is -1.81. The van der Waals surface area contributed by atoms with Crippen molar-refractivity contribution in [3.05, 3.63) is 35.4 Å².